The van der Waals surface area contributed by atoms with Crippen LogP contribution in [0.15, 0.2) is 0 Å². The summed E-state index contributed by atoms with van der Waals surface area (Å²) in [6.07, 6.45) is 3.49. The highest BCUT2D eigenvalue weighted by molar-refractivity contribution is 5.76. The molecule has 5 heteroatoms. The number of ether oxygens (including phenoxy) is 1. The maximum Gasteiger partial charge on any atom is 0.223 e. The number of piperidine rings is 1. The molecule has 102 valence electrons. The molecule has 18 heavy (non-hydrogen) atoms. The number of nitrogens with zero attached hydrogens (tertiary/aromatic N) is 3. The van der Waals surface area contributed by atoms with Crippen LogP contribution in [0.1, 0.15) is 25.7 Å². The molecule has 0 spiro atoms. The van der Waals surface area contributed by atoms with Crippen LogP contribution < -0.4 is 0 Å². The fourth-order valence-electron chi connectivity index (χ4n) is 2.20. The van der Waals surface area contributed by atoms with E-state index in [4.69, 9.17) is 10.00 Å². The Hall–Kier alpha value is -1.12. The minimum absolute atomic E-state index is 0.116. The van der Waals surface area contributed by atoms with Crippen LogP contribution in [-0.4, -0.2) is 62.1 Å². The predicted molar refractivity (Wildman–Crippen MR) is 69.0 cm³/mol. The van der Waals surface area contributed by atoms with Gasteiger partial charge < -0.3 is 14.5 Å². The highest BCUT2D eigenvalue weighted by Gasteiger charge is 2.20. The summed E-state index contributed by atoms with van der Waals surface area (Å²) in [7, 11) is 3.50. The molecule has 0 radical (unpaired) electrons. The largest absolute Gasteiger partial charge is 0.380 e. The Morgan fingerprint density at radius 1 is 1.61 bits per heavy atom. The van der Waals surface area contributed by atoms with E-state index < -0.39 is 0 Å². The Labute approximate surface area is 109 Å². The van der Waals surface area contributed by atoms with E-state index in [2.05, 4.69) is 11.0 Å². The Balaban J connectivity index is 2.23. The second-order valence-electron chi connectivity index (χ2n) is 4.77. The van der Waals surface area contributed by atoms with Crippen molar-refractivity contribution in [2.24, 2.45) is 0 Å². The number of carbonyl (C=O) groups excluding carboxylic acids is 1. The molecule has 1 aliphatic heterocycles. The van der Waals surface area contributed by atoms with Crippen LogP contribution in [0.5, 0.6) is 0 Å². The van der Waals surface area contributed by atoms with Crippen molar-refractivity contribution < 1.29 is 9.53 Å². The summed E-state index contributed by atoms with van der Waals surface area (Å²) in [6, 6.07) is 2.05. The average molecular weight is 253 g/mol. The van der Waals surface area contributed by atoms with E-state index in [0.29, 0.717) is 25.5 Å². The van der Waals surface area contributed by atoms with E-state index in [9.17, 15) is 4.79 Å². The van der Waals surface area contributed by atoms with Gasteiger partial charge in [0.1, 0.15) is 0 Å². The minimum atomic E-state index is 0.116. The van der Waals surface area contributed by atoms with Gasteiger partial charge in [0.05, 0.1) is 18.6 Å². The molecule has 1 fully saturated rings. The Bertz CT molecular complexity index is 301. The quantitative estimate of drug-likeness (QED) is 0.704. The third-order valence-electron chi connectivity index (χ3n) is 3.42. The van der Waals surface area contributed by atoms with Crippen molar-refractivity contribution in [2.45, 2.75) is 31.8 Å². The lowest BCUT2D eigenvalue weighted by Crippen LogP contribution is -2.41. The van der Waals surface area contributed by atoms with E-state index in [1.807, 2.05) is 0 Å². The molecule has 0 aromatic heterocycles. The summed E-state index contributed by atoms with van der Waals surface area (Å²) in [5.41, 5.74) is 0. The number of hydrogen-bond acceptors (Lipinski definition) is 4. The molecule has 1 saturated heterocycles. The van der Waals surface area contributed by atoms with Crippen LogP contribution in [0.3, 0.4) is 0 Å². The SMILES string of the molecule is COC1CCCN(CCC(=O)N(C)CCC#N)C1. The zero-order valence-corrected chi connectivity index (χ0v) is 11.4. The molecule has 1 atom stereocenters. The first kappa shape index (κ1) is 14.9. The van der Waals surface area contributed by atoms with E-state index in [0.717, 1.165) is 32.5 Å². The van der Waals surface area contributed by atoms with E-state index in [1.165, 1.54) is 0 Å². The zero-order chi connectivity index (χ0) is 13.4. The molecule has 5 nitrogen and oxygen atoms in total. The lowest BCUT2D eigenvalue weighted by molar-refractivity contribution is -0.130. The van der Waals surface area contributed by atoms with Gasteiger partial charge in [-0.3, -0.25) is 4.79 Å². The summed E-state index contributed by atoms with van der Waals surface area (Å²) in [4.78, 5) is 15.7. The number of nitriles is 1. The van der Waals surface area contributed by atoms with Crippen LogP contribution in [0.25, 0.3) is 0 Å². The summed E-state index contributed by atoms with van der Waals surface area (Å²) < 4.78 is 5.36. The van der Waals surface area contributed by atoms with Gasteiger partial charge in [0, 0.05) is 40.2 Å². The highest BCUT2D eigenvalue weighted by Crippen LogP contribution is 2.12. The maximum atomic E-state index is 11.8. The number of hydrogen-bond donors (Lipinski definition) is 0. The van der Waals surface area contributed by atoms with Gasteiger partial charge in [0.2, 0.25) is 5.91 Å². The van der Waals surface area contributed by atoms with Crippen LogP contribution in [0.2, 0.25) is 0 Å². The van der Waals surface area contributed by atoms with Crippen molar-refractivity contribution in [3.05, 3.63) is 0 Å². The molecule has 1 aliphatic rings. The van der Waals surface area contributed by atoms with Crippen molar-refractivity contribution in [1.29, 1.82) is 5.26 Å². The van der Waals surface area contributed by atoms with Crippen molar-refractivity contribution in [3.63, 3.8) is 0 Å². The van der Waals surface area contributed by atoms with Crippen molar-refractivity contribution in [3.8, 4) is 6.07 Å². The van der Waals surface area contributed by atoms with Gasteiger partial charge in [0.25, 0.3) is 0 Å². The molecule has 1 unspecified atom stereocenters. The lowest BCUT2D eigenvalue weighted by atomic mass is 10.1. The van der Waals surface area contributed by atoms with E-state index in [1.54, 1.807) is 19.1 Å². The number of likely N-dealkylation sites (tertiary alicyclic amines) is 1. The molecule has 0 saturated carbocycles. The van der Waals surface area contributed by atoms with Gasteiger partial charge in [-0.1, -0.05) is 0 Å². The second-order valence-corrected chi connectivity index (χ2v) is 4.77. The smallest absolute Gasteiger partial charge is 0.223 e. The Morgan fingerprint density at radius 3 is 3.06 bits per heavy atom. The molecular weight excluding hydrogens is 230 g/mol. The molecular formula is C13H23N3O2. The molecule has 0 aromatic carbocycles. The first-order valence-electron chi connectivity index (χ1n) is 6.53. The van der Waals surface area contributed by atoms with Crippen molar-refractivity contribution in [2.75, 3.05) is 40.3 Å². The zero-order valence-electron chi connectivity index (χ0n) is 11.4. The standard InChI is InChI=1S/C13H23N3O2/c1-15(8-4-7-14)13(17)6-10-16-9-3-5-12(11-16)18-2/h12H,3-6,8-11H2,1-2H3. The second kappa shape index (κ2) is 8.06. The van der Waals surface area contributed by atoms with Crippen LogP contribution in [-0.2, 0) is 9.53 Å². The highest BCUT2D eigenvalue weighted by atomic mass is 16.5. The summed E-state index contributed by atoms with van der Waals surface area (Å²) in [6.45, 7) is 3.28. The first-order chi connectivity index (χ1) is 8.67. The monoisotopic (exact) mass is 253 g/mol. The van der Waals surface area contributed by atoms with Gasteiger partial charge in [-0.05, 0) is 19.4 Å². The molecule has 0 N–H and O–H groups in total. The summed E-state index contributed by atoms with van der Waals surface area (Å²) in [5, 5.41) is 8.48. The molecule has 0 bridgehead atoms. The fraction of sp³-hybridized carbons (Fsp3) is 0.846. The number of rotatable bonds is 6. The van der Waals surface area contributed by atoms with E-state index >= 15 is 0 Å². The predicted octanol–water partition coefficient (Wildman–Crippen LogP) is 0.859. The molecule has 0 aliphatic carbocycles. The normalized spacial score (nSPS) is 20.4. The van der Waals surface area contributed by atoms with Gasteiger partial charge in [-0.2, -0.15) is 5.26 Å². The number of amides is 1. The average Bonchev–Trinajstić information content (AvgIpc) is 2.42. The molecule has 0 aromatic rings. The minimum Gasteiger partial charge on any atom is -0.380 e. The Kier molecular flexibility index (Phi) is 6.69. The van der Waals surface area contributed by atoms with Crippen LogP contribution >= 0.6 is 0 Å². The summed E-state index contributed by atoms with van der Waals surface area (Å²) >= 11 is 0. The third kappa shape index (κ3) is 5.03. The fourth-order valence-corrected chi connectivity index (χ4v) is 2.20. The topological polar surface area (TPSA) is 56.6 Å². The number of methoxy groups -OCH3 is 1. The Morgan fingerprint density at radius 2 is 2.39 bits per heavy atom. The third-order valence-corrected chi connectivity index (χ3v) is 3.42. The molecule has 1 amide bonds. The molecule has 1 rings (SSSR count). The molecule has 1 heterocycles. The van der Waals surface area contributed by atoms with E-state index in [-0.39, 0.29) is 5.91 Å². The van der Waals surface area contributed by atoms with Crippen molar-refractivity contribution >= 4 is 5.91 Å². The van der Waals surface area contributed by atoms with Gasteiger partial charge >= 0.3 is 0 Å². The van der Waals surface area contributed by atoms with Gasteiger partial charge in [-0.25, -0.2) is 0 Å². The van der Waals surface area contributed by atoms with Crippen LogP contribution in [0, 0.1) is 11.3 Å². The first-order valence-corrected chi connectivity index (χ1v) is 6.53. The van der Waals surface area contributed by atoms with Crippen molar-refractivity contribution in [1.82, 2.24) is 9.80 Å². The summed E-state index contributed by atoms with van der Waals surface area (Å²) in [5.74, 6) is 0.116. The van der Waals surface area contributed by atoms with Crippen LogP contribution in [0.4, 0.5) is 0 Å². The maximum absolute atomic E-state index is 11.8. The van der Waals surface area contributed by atoms with Gasteiger partial charge in [-0.15, -0.1) is 0 Å². The number of carbonyl (C=O) groups is 1. The lowest BCUT2D eigenvalue weighted by Gasteiger charge is -2.32. The van der Waals surface area contributed by atoms with Gasteiger partial charge in [0.15, 0.2) is 0 Å².